The Labute approximate surface area is 362 Å². The third kappa shape index (κ3) is 5.29. The number of hydrogen-bond donors (Lipinski definition) is 0. The second-order valence-corrected chi connectivity index (χ2v) is 17.2. The van der Waals surface area contributed by atoms with Gasteiger partial charge in [-0.1, -0.05) is 220 Å². The van der Waals surface area contributed by atoms with E-state index in [0.29, 0.717) is 5.82 Å². The molecule has 2 aliphatic rings. The van der Waals surface area contributed by atoms with Crippen LogP contribution in [0.2, 0.25) is 0 Å². The Hall–Kier alpha value is -7.68. The molecule has 2 aliphatic carbocycles. The largest absolute Gasteiger partial charge is 0.228 e. The molecule has 0 spiro atoms. The molecule has 0 atom stereocenters. The van der Waals surface area contributed by atoms with Gasteiger partial charge < -0.3 is 0 Å². The van der Waals surface area contributed by atoms with Crippen molar-refractivity contribution in [1.29, 1.82) is 0 Å². The topological polar surface area (TPSA) is 25.8 Å². The van der Waals surface area contributed by atoms with Gasteiger partial charge in [-0.25, -0.2) is 9.97 Å². The maximum atomic E-state index is 5.36. The van der Waals surface area contributed by atoms with Crippen LogP contribution in [0.15, 0.2) is 218 Å². The van der Waals surface area contributed by atoms with Crippen molar-refractivity contribution in [2.45, 2.75) is 24.7 Å². The summed E-state index contributed by atoms with van der Waals surface area (Å²) in [5.74, 6) is 0.704. The molecule has 0 amide bonds. The first-order valence-corrected chi connectivity index (χ1v) is 21.6. The molecule has 0 radical (unpaired) electrons. The molecular formula is C60H42N2. The Bertz CT molecular complexity index is 3330. The molecule has 9 aromatic carbocycles. The van der Waals surface area contributed by atoms with Gasteiger partial charge in [0.05, 0.1) is 16.8 Å². The molecule has 0 bridgehead atoms. The second-order valence-electron chi connectivity index (χ2n) is 17.2. The van der Waals surface area contributed by atoms with Gasteiger partial charge in [0.1, 0.15) is 0 Å². The highest BCUT2D eigenvalue weighted by Crippen LogP contribution is 2.57. The van der Waals surface area contributed by atoms with E-state index < -0.39 is 5.41 Å². The Balaban J connectivity index is 1.05. The van der Waals surface area contributed by atoms with Gasteiger partial charge in [0.15, 0.2) is 5.82 Å². The van der Waals surface area contributed by atoms with Crippen LogP contribution in [0.3, 0.4) is 0 Å². The quantitative estimate of drug-likeness (QED) is 0.168. The first-order chi connectivity index (χ1) is 30.5. The van der Waals surface area contributed by atoms with Crippen LogP contribution in [0.1, 0.15) is 47.2 Å². The summed E-state index contributed by atoms with van der Waals surface area (Å²) in [6, 6.07) is 79.5. The molecule has 0 saturated carbocycles. The summed E-state index contributed by atoms with van der Waals surface area (Å²) >= 11 is 0. The molecule has 1 aromatic heterocycles. The van der Waals surface area contributed by atoms with Gasteiger partial charge in [0.25, 0.3) is 0 Å². The predicted molar refractivity (Wildman–Crippen MR) is 256 cm³/mol. The highest BCUT2D eigenvalue weighted by molar-refractivity contribution is 6.06. The van der Waals surface area contributed by atoms with Crippen molar-refractivity contribution in [3.05, 3.63) is 252 Å². The summed E-state index contributed by atoms with van der Waals surface area (Å²) in [6.07, 6.45) is 0. The Kier molecular flexibility index (Phi) is 8.14. The normalized spacial score (nSPS) is 13.9. The molecule has 0 unspecified atom stereocenters. The maximum absolute atomic E-state index is 5.36. The molecule has 0 saturated heterocycles. The van der Waals surface area contributed by atoms with Gasteiger partial charge in [-0.15, -0.1) is 0 Å². The highest BCUT2D eigenvalue weighted by atomic mass is 14.9. The van der Waals surface area contributed by atoms with Gasteiger partial charge in [0.2, 0.25) is 0 Å². The highest BCUT2D eigenvalue weighted by Gasteiger charge is 2.46. The lowest BCUT2D eigenvalue weighted by Crippen LogP contribution is -2.28. The van der Waals surface area contributed by atoms with Crippen molar-refractivity contribution >= 4 is 10.8 Å². The second kappa shape index (κ2) is 13.9. The first kappa shape index (κ1) is 36.2. The van der Waals surface area contributed by atoms with E-state index in [2.05, 4.69) is 226 Å². The fourth-order valence-electron chi connectivity index (χ4n) is 10.9. The third-order valence-corrected chi connectivity index (χ3v) is 13.6. The Morgan fingerprint density at radius 3 is 1.52 bits per heavy atom. The standard InChI is InChI=1S/C60H42N2/c1-59(2)52-31-16-14-27-46(52)50-30-18-29-49(57(50)59)45-34-35-48(44-26-13-12-25-43(44)45)56-38-55(61-58(62-56)39-19-6-3-7-20-39)40-33-36-54-51(37-40)47-28-15-17-32-53(47)60(54,41-21-8-4-9-22-41)42-23-10-5-11-24-42/h3-38H,1-2H3. The van der Waals surface area contributed by atoms with Crippen LogP contribution < -0.4 is 0 Å². The lowest BCUT2D eigenvalue weighted by atomic mass is 9.67. The first-order valence-electron chi connectivity index (χ1n) is 21.6. The van der Waals surface area contributed by atoms with E-state index in [0.717, 1.165) is 33.5 Å². The minimum Gasteiger partial charge on any atom is -0.228 e. The fourth-order valence-corrected chi connectivity index (χ4v) is 10.9. The number of benzene rings is 9. The van der Waals surface area contributed by atoms with Crippen molar-refractivity contribution in [2.24, 2.45) is 0 Å². The van der Waals surface area contributed by atoms with E-state index in [1.54, 1.807) is 0 Å². The summed E-state index contributed by atoms with van der Waals surface area (Å²) in [7, 11) is 0. The minimum atomic E-state index is -0.462. The Morgan fingerprint density at radius 2 is 0.823 bits per heavy atom. The summed E-state index contributed by atoms with van der Waals surface area (Å²) in [5.41, 5.74) is 19.8. The van der Waals surface area contributed by atoms with Crippen LogP contribution in [0.4, 0.5) is 0 Å². The maximum Gasteiger partial charge on any atom is 0.160 e. The van der Waals surface area contributed by atoms with Gasteiger partial charge >= 0.3 is 0 Å². The monoisotopic (exact) mass is 790 g/mol. The molecule has 0 aliphatic heterocycles. The number of fused-ring (bicyclic) bond motifs is 7. The van der Waals surface area contributed by atoms with E-state index in [9.17, 15) is 0 Å². The summed E-state index contributed by atoms with van der Waals surface area (Å²) in [5, 5.41) is 2.37. The fraction of sp³-hybridized carbons (Fsp3) is 0.0667. The van der Waals surface area contributed by atoms with Crippen molar-refractivity contribution in [3.8, 4) is 67.3 Å². The van der Waals surface area contributed by atoms with Gasteiger partial charge in [-0.2, -0.15) is 0 Å². The number of rotatable bonds is 6. The average molecular weight is 791 g/mol. The molecule has 0 fully saturated rings. The molecule has 12 rings (SSSR count). The molecule has 2 nitrogen and oxygen atoms in total. The van der Waals surface area contributed by atoms with Gasteiger partial charge in [0, 0.05) is 22.1 Å². The third-order valence-electron chi connectivity index (χ3n) is 13.6. The number of nitrogens with zero attached hydrogens (tertiary/aromatic N) is 2. The molecule has 10 aromatic rings. The molecule has 1 heterocycles. The SMILES string of the molecule is CC1(C)c2ccccc2-c2cccc(-c3ccc(-c4cc(-c5ccc6c(c5)-c5ccccc5C6(c5ccccc5)c5ccccc5)nc(-c5ccccc5)n4)c4ccccc34)c21. The molecule has 0 N–H and O–H groups in total. The lowest BCUT2D eigenvalue weighted by molar-refractivity contribution is 0.662. The smallest absolute Gasteiger partial charge is 0.160 e. The predicted octanol–water partition coefficient (Wildman–Crippen LogP) is 15.0. The van der Waals surface area contributed by atoms with Gasteiger partial charge in [-0.05, 0) is 89.7 Å². The molecule has 62 heavy (non-hydrogen) atoms. The van der Waals surface area contributed by atoms with Crippen LogP contribution in [0, 0.1) is 0 Å². The number of hydrogen-bond acceptors (Lipinski definition) is 2. The molecular weight excluding hydrogens is 749 g/mol. The molecule has 2 heteroatoms. The van der Waals surface area contributed by atoms with Crippen molar-refractivity contribution < 1.29 is 0 Å². The lowest BCUT2D eigenvalue weighted by Gasteiger charge is -2.33. The zero-order chi connectivity index (χ0) is 41.4. The number of aromatic nitrogens is 2. The zero-order valence-electron chi connectivity index (χ0n) is 34.7. The van der Waals surface area contributed by atoms with Crippen LogP contribution in [0.25, 0.3) is 78.1 Å². The van der Waals surface area contributed by atoms with Crippen LogP contribution >= 0.6 is 0 Å². The summed E-state index contributed by atoms with van der Waals surface area (Å²) in [6.45, 7) is 4.73. The zero-order valence-corrected chi connectivity index (χ0v) is 34.7. The van der Waals surface area contributed by atoms with E-state index in [1.165, 1.54) is 72.1 Å². The van der Waals surface area contributed by atoms with E-state index in [-0.39, 0.29) is 5.41 Å². The summed E-state index contributed by atoms with van der Waals surface area (Å²) < 4.78 is 0. The van der Waals surface area contributed by atoms with Crippen LogP contribution in [0.5, 0.6) is 0 Å². The van der Waals surface area contributed by atoms with Crippen molar-refractivity contribution in [2.75, 3.05) is 0 Å². The van der Waals surface area contributed by atoms with Crippen LogP contribution in [-0.4, -0.2) is 9.97 Å². The van der Waals surface area contributed by atoms with Crippen LogP contribution in [-0.2, 0) is 10.8 Å². The van der Waals surface area contributed by atoms with Crippen molar-refractivity contribution in [3.63, 3.8) is 0 Å². The van der Waals surface area contributed by atoms with E-state index >= 15 is 0 Å². The molecule has 292 valence electrons. The average Bonchev–Trinajstić information content (AvgIpc) is 3.77. The van der Waals surface area contributed by atoms with E-state index in [4.69, 9.17) is 9.97 Å². The van der Waals surface area contributed by atoms with Crippen molar-refractivity contribution in [1.82, 2.24) is 9.97 Å². The minimum absolute atomic E-state index is 0.132. The van der Waals surface area contributed by atoms with Gasteiger partial charge in [-0.3, -0.25) is 0 Å². The summed E-state index contributed by atoms with van der Waals surface area (Å²) in [4.78, 5) is 10.7. The van der Waals surface area contributed by atoms with E-state index in [1.807, 2.05) is 6.07 Å². The Morgan fingerprint density at radius 1 is 0.323 bits per heavy atom.